The van der Waals surface area contributed by atoms with Crippen LogP contribution in [0.2, 0.25) is 0 Å². The van der Waals surface area contributed by atoms with Gasteiger partial charge in [-0.15, -0.1) is 0 Å². The topological polar surface area (TPSA) is 71.3 Å². The highest BCUT2D eigenvalue weighted by atomic mass is 16.5. The van der Waals surface area contributed by atoms with Crippen LogP contribution >= 0.6 is 0 Å². The van der Waals surface area contributed by atoms with Crippen molar-refractivity contribution < 1.29 is 9.32 Å². The number of rotatable bonds is 4. The minimum absolute atomic E-state index is 0.147. The lowest BCUT2D eigenvalue weighted by atomic mass is 10.2. The van der Waals surface area contributed by atoms with Crippen molar-refractivity contribution in [1.82, 2.24) is 20.4 Å². The Morgan fingerprint density at radius 2 is 2.19 bits per heavy atom. The number of hydrogen-bond donors (Lipinski definition) is 1. The Labute approximate surface area is 124 Å². The third-order valence-electron chi connectivity index (χ3n) is 3.39. The first-order chi connectivity index (χ1) is 9.99. The molecule has 0 aliphatic heterocycles. The van der Waals surface area contributed by atoms with E-state index in [-0.39, 0.29) is 12.1 Å². The Morgan fingerprint density at radius 3 is 2.76 bits per heavy atom. The molecule has 0 aliphatic rings. The summed E-state index contributed by atoms with van der Waals surface area (Å²) in [7, 11) is 1.74. The molecule has 0 saturated carbocycles. The van der Waals surface area contributed by atoms with E-state index >= 15 is 0 Å². The molecule has 1 atom stereocenters. The van der Waals surface area contributed by atoms with E-state index in [1.54, 1.807) is 18.1 Å². The largest absolute Gasteiger partial charge is 0.361 e. The molecule has 0 spiro atoms. The lowest BCUT2D eigenvalue weighted by molar-refractivity contribution is 0.203. The van der Waals surface area contributed by atoms with Gasteiger partial charge in [0.15, 0.2) is 0 Å². The van der Waals surface area contributed by atoms with Crippen LogP contribution in [0.3, 0.4) is 0 Å². The third kappa shape index (κ3) is 3.59. The summed E-state index contributed by atoms with van der Waals surface area (Å²) in [6, 6.07) is 5.33. The molecule has 2 aromatic heterocycles. The maximum Gasteiger partial charge on any atom is 0.317 e. The zero-order valence-electron chi connectivity index (χ0n) is 12.8. The van der Waals surface area contributed by atoms with Crippen LogP contribution in [-0.2, 0) is 6.54 Å². The average molecular weight is 288 g/mol. The van der Waals surface area contributed by atoms with E-state index in [0.29, 0.717) is 6.54 Å². The Balaban J connectivity index is 1.97. The van der Waals surface area contributed by atoms with Crippen molar-refractivity contribution in [3.8, 4) is 0 Å². The third-order valence-corrected chi connectivity index (χ3v) is 3.39. The normalized spacial score (nSPS) is 12.0. The summed E-state index contributed by atoms with van der Waals surface area (Å²) in [4.78, 5) is 18.1. The summed E-state index contributed by atoms with van der Waals surface area (Å²) in [5.41, 5.74) is 2.58. The Kier molecular flexibility index (Phi) is 4.57. The standard InChI is InChI=1S/C15H20N4O2/c1-10-13(12(3)21-18-10)9-19(4)15(20)17-11(2)14-7-5-6-8-16-14/h5-8,11H,9H2,1-4H3,(H,17,20)/t11-/m0/s1. The average Bonchev–Trinajstić information content (AvgIpc) is 2.79. The molecule has 21 heavy (non-hydrogen) atoms. The summed E-state index contributed by atoms with van der Waals surface area (Å²) < 4.78 is 5.11. The zero-order chi connectivity index (χ0) is 15.4. The fraction of sp³-hybridized carbons (Fsp3) is 0.400. The second kappa shape index (κ2) is 6.39. The lowest BCUT2D eigenvalue weighted by Crippen LogP contribution is -2.38. The first-order valence-electron chi connectivity index (χ1n) is 6.83. The summed E-state index contributed by atoms with van der Waals surface area (Å²) in [5.74, 6) is 0.741. The molecule has 0 bridgehead atoms. The number of amides is 2. The fourth-order valence-electron chi connectivity index (χ4n) is 2.04. The van der Waals surface area contributed by atoms with Gasteiger partial charge in [0.2, 0.25) is 0 Å². The van der Waals surface area contributed by atoms with Gasteiger partial charge < -0.3 is 14.7 Å². The SMILES string of the molecule is Cc1noc(C)c1CN(C)C(=O)N[C@@H](C)c1ccccn1. The molecule has 112 valence electrons. The Bertz CT molecular complexity index is 590. The number of urea groups is 1. The van der Waals surface area contributed by atoms with E-state index in [4.69, 9.17) is 4.52 Å². The molecule has 0 fully saturated rings. The monoisotopic (exact) mass is 288 g/mol. The Morgan fingerprint density at radius 1 is 1.43 bits per heavy atom. The predicted octanol–water partition coefficient (Wildman–Crippen LogP) is 2.59. The summed E-state index contributed by atoms with van der Waals surface area (Å²) in [6.45, 7) is 6.08. The zero-order valence-corrected chi connectivity index (χ0v) is 12.8. The van der Waals surface area contributed by atoms with Crippen molar-refractivity contribution in [2.75, 3.05) is 7.05 Å². The molecule has 0 saturated heterocycles. The van der Waals surface area contributed by atoms with E-state index in [1.807, 2.05) is 39.0 Å². The van der Waals surface area contributed by atoms with Gasteiger partial charge in [-0.2, -0.15) is 0 Å². The van der Waals surface area contributed by atoms with E-state index in [2.05, 4.69) is 15.5 Å². The molecule has 2 rings (SSSR count). The molecule has 6 heteroatoms. The second-order valence-corrected chi connectivity index (χ2v) is 5.08. The number of nitrogens with zero attached hydrogens (tertiary/aromatic N) is 3. The van der Waals surface area contributed by atoms with Gasteiger partial charge in [0.1, 0.15) is 5.76 Å². The summed E-state index contributed by atoms with van der Waals surface area (Å²) >= 11 is 0. The maximum absolute atomic E-state index is 12.2. The number of aromatic nitrogens is 2. The van der Waals surface area contributed by atoms with E-state index in [1.165, 1.54) is 0 Å². The number of carbonyl (C=O) groups excluding carboxylic acids is 1. The number of carbonyl (C=O) groups is 1. The van der Waals surface area contributed by atoms with Gasteiger partial charge in [-0.3, -0.25) is 4.98 Å². The predicted molar refractivity (Wildman–Crippen MR) is 78.6 cm³/mol. The van der Waals surface area contributed by atoms with Crippen LogP contribution < -0.4 is 5.32 Å². The maximum atomic E-state index is 12.2. The van der Waals surface area contributed by atoms with Crippen molar-refractivity contribution in [2.45, 2.75) is 33.4 Å². The van der Waals surface area contributed by atoms with Gasteiger partial charge in [-0.25, -0.2) is 4.79 Å². The van der Waals surface area contributed by atoms with Crippen LogP contribution in [0.1, 0.15) is 35.7 Å². The van der Waals surface area contributed by atoms with Crippen LogP contribution in [0.15, 0.2) is 28.9 Å². The molecule has 6 nitrogen and oxygen atoms in total. The Hall–Kier alpha value is -2.37. The molecule has 0 radical (unpaired) electrons. The molecule has 0 aromatic carbocycles. The highest BCUT2D eigenvalue weighted by molar-refractivity contribution is 5.74. The summed E-state index contributed by atoms with van der Waals surface area (Å²) in [5, 5.41) is 6.81. The van der Waals surface area contributed by atoms with Crippen LogP contribution in [0, 0.1) is 13.8 Å². The second-order valence-electron chi connectivity index (χ2n) is 5.08. The van der Waals surface area contributed by atoms with Gasteiger partial charge >= 0.3 is 6.03 Å². The molecule has 0 aliphatic carbocycles. The van der Waals surface area contributed by atoms with E-state index in [9.17, 15) is 4.79 Å². The van der Waals surface area contributed by atoms with E-state index < -0.39 is 0 Å². The van der Waals surface area contributed by atoms with Crippen molar-refractivity contribution in [3.63, 3.8) is 0 Å². The van der Waals surface area contributed by atoms with Gasteiger partial charge in [0.25, 0.3) is 0 Å². The highest BCUT2D eigenvalue weighted by Crippen LogP contribution is 2.15. The highest BCUT2D eigenvalue weighted by Gasteiger charge is 2.17. The molecule has 2 aromatic rings. The number of nitrogens with one attached hydrogen (secondary N) is 1. The molecule has 2 heterocycles. The molecular formula is C15H20N4O2. The van der Waals surface area contributed by atoms with Crippen LogP contribution in [-0.4, -0.2) is 28.1 Å². The van der Waals surface area contributed by atoms with Gasteiger partial charge in [-0.1, -0.05) is 11.2 Å². The summed E-state index contributed by atoms with van der Waals surface area (Å²) in [6.07, 6.45) is 1.71. The number of hydrogen-bond acceptors (Lipinski definition) is 4. The quantitative estimate of drug-likeness (QED) is 0.938. The molecule has 0 unspecified atom stereocenters. The molecule has 2 amide bonds. The smallest absolute Gasteiger partial charge is 0.317 e. The van der Waals surface area contributed by atoms with Crippen molar-refractivity contribution in [1.29, 1.82) is 0 Å². The van der Waals surface area contributed by atoms with Crippen molar-refractivity contribution in [2.24, 2.45) is 0 Å². The number of aryl methyl sites for hydroxylation is 2. The molecule has 1 N–H and O–H groups in total. The number of pyridine rings is 1. The van der Waals surface area contributed by atoms with Gasteiger partial charge in [0.05, 0.1) is 24.0 Å². The van der Waals surface area contributed by atoms with Crippen molar-refractivity contribution in [3.05, 3.63) is 47.1 Å². The first-order valence-corrected chi connectivity index (χ1v) is 6.83. The minimum Gasteiger partial charge on any atom is -0.361 e. The van der Waals surface area contributed by atoms with Crippen LogP contribution in [0.4, 0.5) is 4.79 Å². The van der Waals surface area contributed by atoms with Gasteiger partial charge in [0, 0.05) is 18.8 Å². The lowest BCUT2D eigenvalue weighted by Gasteiger charge is -2.21. The van der Waals surface area contributed by atoms with Crippen LogP contribution in [0.25, 0.3) is 0 Å². The van der Waals surface area contributed by atoms with E-state index in [0.717, 1.165) is 22.7 Å². The van der Waals surface area contributed by atoms with Gasteiger partial charge in [-0.05, 0) is 32.9 Å². The van der Waals surface area contributed by atoms with Crippen LogP contribution in [0.5, 0.6) is 0 Å². The first kappa shape index (κ1) is 15.0. The minimum atomic E-state index is -0.159. The fourth-order valence-corrected chi connectivity index (χ4v) is 2.04. The van der Waals surface area contributed by atoms with Crippen molar-refractivity contribution >= 4 is 6.03 Å². The molecular weight excluding hydrogens is 268 g/mol.